The third-order valence-corrected chi connectivity index (χ3v) is 10.8. The van der Waals surface area contributed by atoms with Crippen molar-refractivity contribution in [1.82, 2.24) is 15.0 Å². The standard InChI is InChI=1S/C47H31N3O2/c1-2-11-30(12-3-1)45-48-46(32-21-20-29-19-18-28-10-4-5-13-33(28)39(29)26-32)50-47(49-45)38-25-24-34(44-43(38)37-15-7-9-17-41(37)52-44)31-22-23-36-35-14-6-8-16-40(35)51-42(36)27-31/h1-17,20-23,25-27,34H,18-19,24H2. The molecule has 0 saturated heterocycles. The minimum absolute atomic E-state index is 0.000576. The molecule has 2 aliphatic rings. The number of para-hydroxylation sites is 2. The summed E-state index contributed by atoms with van der Waals surface area (Å²) in [7, 11) is 0. The Kier molecular flexibility index (Phi) is 6.44. The number of benzene rings is 6. The molecule has 6 aromatic carbocycles. The summed E-state index contributed by atoms with van der Waals surface area (Å²) >= 11 is 0. The van der Waals surface area contributed by atoms with Crippen molar-refractivity contribution in [3.05, 3.63) is 179 Å². The summed E-state index contributed by atoms with van der Waals surface area (Å²) < 4.78 is 13.1. The monoisotopic (exact) mass is 669 g/mol. The van der Waals surface area contributed by atoms with E-state index in [9.17, 15) is 0 Å². The zero-order valence-corrected chi connectivity index (χ0v) is 28.2. The highest BCUT2D eigenvalue weighted by Gasteiger charge is 2.32. The zero-order chi connectivity index (χ0) is 34.2. The summed E-state index contributed by atoms with van der Waals surface area (Å²) in [5, 5.41) is 3.29. The molecule has 3 heterocycles. The van der Waals surface area contributed by atoms with Crippen LogP contribution >= 0.6 is 0 Å². The van der Waals surface area contributed by atoms with Crippen LogP contribution < -0.4 is 0 Å². The maximum absolute atomic E-state index is 6.76. The van der Waals surface area contributed by atoms with Crippen LogP contribution in [-0.2, 0) is 12.8 Å². The molecule has 52 heavy (non-hydrogen) atoms. The van der Waals surface area contributed by atoms with Crippen LogP contribution in [0, 0.1) is 0 Å². The van der Waals surface area contributed by atoms with Gasteiger partial charge >= 0.3 is 0 Å². The van der Waals surface area contributed by atoms with Crippen LogP contribution in [0.2, 0.25) is 0 Å². The molecule has 246 valence electrons. The number of rotatable bonds is 4. The second-order valence-corrected chi connectivity index (χ2v) is 13.8. The first kappa shape index (κ1) is 29.2. The lowest BCUT2D eigenvalue weighted by atomic mass is 9.82. The average molecular weight is 670 g/mol. The summed E-state index contributed by atoms with van der Waals surface area (Å²) in [4.78, 5) is 15.5. The first-order chi connectivity index (χ1) is 25.7. The molecule has 0 bridgehead atoms. The predicted octanol–water partition coefficient (Wildman–Crippen LogP) is 11.6. The Balaban J connectivity index is 1.08. The van der Waals surface area contributed by atoms with Gasteiger partial charge in [0.25, 0.3) is 0 Å². The van der Waals surface area contributed by atoms with E-state index in [0.717, 1.165) is 85.8 Å². The van der Waals surface area contributed by atoms with Gasteiger partial charge in [-0.25, -0.2) is 15.0 Å². The molecule has 1 unspecified atom stereocenters. The van der Waals surface area contributed by atoms with Gasteiger partial charge in [-0.1, -0.05) is 121 Å². The van der Waals surface area contributed by atoms with Crippen molar-refractivity contribution >= 4 is 38.5 Å². The quantitative estimate of drug-likeness (QED) is 0.187. The van der Waals surface area contributed by atoms with Crippen molar-refractivity contribution in [3.8, 4) is 33.9 Å². The number of allylic oxidation sites excluding steroid dienone is 1. The molecular weight excluding hydrogens is 639 g/mol. The van der Waals surface area contributed by atoms with Gasteiger partial charge in [0, 0.05) is 44.3 Å². The first-order valence-corrected chi connectivity index (χ1v) is 17.9. The first-order valence-electron chi connectivity index (χ1n) is 17.9. The van der Waals surface area contributed by atoms with Gasteiger partial charge in [-0.3, -0.25) is 0 Å². The third kappa shape index (κ3) is 4.59. The number of hydrogen-bond acceptors (Lipinski definition) is 5. The molecule has 1 atom stereocenters. The Hall–Kier alpha value is -6.59. The van der Waals surface area contributed by atoms with E-state index in [-0.39, 0.29) is 5.92 Å². The van der Waals surface area contributed by atoms with E-state index in [4.69, 9.17) is 23.8 Å². The molecule has 3 aromatic heterocycles. The molecular formula is C47H31N3O2. The Morgan fingerprint density at radius 2 is 1.15 bits per heavy atom. The molecule has 0 fully saturated rings. The van der Waals surface area contributed by atoms with Crippen molar-refractivity contribution in [1.29, 1.82) is 0 Å². The third-order valence-electron chi connectivity index (χ3n) is 10.8. The Labute approximate surface area is 299 Å². The largest absolute Gasteiger partial charge is 0.460 e. The summed E-state index contributed by atoms with van der Waals surface area (Å²) in [6.45, 7) is 0. The van der Waals surface area contributed by atoms with Crippen molar-refractivity contribution in [2.75, 3.05) is 0 Å². The molecule has 2 aliphatic carbocycles. The molecule has 0 amide bonds. The maximum atomic E-state index is 6.76. The second-order valence-electron chi connectivity index (χ2n) is 13.8. The molecule has 0 N–H and O–H groups in total. The van der Waals surface area contributed by atoms with Gasteiger partial charge in [0.1, 0.15) is 22.5 Å². The lowest BCUT2D eigenvalue weighted by Gasteiger charge is -2.22. The highest BCUT2D eigenvalue weighted by atomic mass is 16.3. The van der Waals surface area contributed by atoms with Gasteiger partial charge in [0.2, 0.25) is 0 Å². The second kappa shape index (κ2) is 11.5. The molecule has 0 aliphatic heterocycles. The minimum Gasteiger partial charge on any atom is -0.460 e. The molecule has 5 nitrogen and oxygen atoms in total. The fourth-order valence-electron chi connectivity index (χ4n) is 8.28. The number of nitrogens with zero attached hydrogens (tertiary/aromatic N) is 3. The van der Waals surface area contributed by atoms with Crippen LogP contribution in [0.1, 0.15) is 46.2 Å². The minimum atomic E-state index is -0.000576. The summed E-state index contributed by atoms with van der Waals surface area (Å²) in [5.74, 6) is 2.86. The van der Waals surface area contributed by atoms with Crippen molar-refractivity contribution in [2.45, 2.75) is 25.2 Å². The van der Waals surface area contributed by atoms with Gasteiger partial charge in [-0.15, -0.1) is 0 Å². The van der Waals surface area contributed by atoms with E-state index in [0.29, 0.717) is 17.5 Å². The number of fused-ring (bicyclic) bond motifs is 9. The maximum Gasteiger partial charge on any atom is 0.164 e. The topological polar surface area (TPSA) is 65.0 Å². The Bertz CT molecular complexity index is 2900. The van der Waals surface area contributed by atoms with E-state index in [1.165, 1.54) is 22.3 Å². The predicted molar refractivity (Wildman–Crippen MR) is 207 cm³/mol. The number of aryl methyl sites for hydroxylation is 2. The normalized spacial score (nSPS) is 15.0. The highest BCUT2D eigenvalue weighted by Crippen LogP contribution is 2.47. The van der Waals surface area contributed by atoms with E-state index in [2.05, 4.69) is 103 Å². The molecule has 11 rings (SSSR count). The van der Waals surface area contributed by atoms with E-state index in [1.807, 2.05) is 42.5 Å². The van der Waals surface area contributed by atoms with E-state index < -0.39 is 0 Å². The van der Waals surface area contributed by atoms with Crippen LogP contribution in [0.15, 0.2) is 154 Å². The summed E-state index contributed by atoms with van der Waals surface area (Å²) in [6, 6.07) is 48.7. The van der Waals surface area contributed by atoms with Gasteiger partial charge in [0.15, 0.2) is 17.5 Å². The number of hydrogen-bond donors (Lipinski definition) is 0. The van der Waals surface area contributed by atoms with Gasteiger partial charge in [0.05, 0.1) is 0 Å². The Morgan fingerprint density at radius 1 is 0.481 bits per heavy atom. The molecule has 0 spiro atoms. The lowest BCUT2D eigenvalue weighted by Crippen LogP contribution is -2.10. The van der Waals surface area contributed by atoms with Crippen LogP contribution in [0.25, 0.3) is 72.4 Å². The molecule has 5 heteroatoms. The summed E-state index contributed by atoms with van der Waals surface area (Å²) in [6.07, 6.45) is 5.09. The van der Waals surface area contributed by atoms with Crippen molar-refractivity contribution < 1.29 is 8.83 Å². The van der Waals surface area contributed by atoms with Crippen LogP contribution in [0.4, 0.5) is 0 Å². The van der Waals surface area contributed by atoms with Crippen LogP contribution in [0.3, 0.4) is 0 Å². The summed E-state index contributed by atoms with van der Waals surface area (Å²) in [5.41, 5.74) is 13.0. The van der Waals surface area contributed by atoms with Crippen LogP contribution in [0.5, 0.6) is 0 Å². The van der Waals surface area contributed by atoms with E-state index in [1.54, 1.807) is 0 Å². The Morgan fingerprint density at radius 3 is 2.02 bits per heavy atom. The lowest BCUT2D eigenvalue weighted by molar-refractivity contribution is 0.515. The number of aromatic nitrogens is 3. The van der Waals surface area contributed by atoms with Crippen LogP contribution in [-0.4, -0.2) is 15.0 Å². The van der Waals surface area contributed by atoms with Gasteiger partial charge < -0.3 is 8.83 Å². The van der Waals surface area contributed by atoms with Gasteiger partial charge in [-0.05, 0) is 71.3 Å². The fourth-order valence-corrected chi connectivity index (χ4v) is 8.28. The molecule has 0 radical (unpaired) electrons. The van der Waals surface area contributed by atoms with Crippen molar-refractivity contribution in [2.24, 2.45) is 0 Å². The van der Waals surface area contributed by atoms with Crippen molar-refractivity contribution in [3.63, 3.8) is 0 Å². The highest BCUT2D eigenvalue weighted by molar-refractivity contribution is 6.05. The SMILES string of the molecule is C1=C(c2nc(-c3ccccc3)nc(-c3ccc4c(c3)-c3ccccc3CC4)n2)c2c(oc3ccccc23)C(c2ccc3c(c2)oc2ccccc23)C1. The fraction of sp³-hybridized carbons (Fsp3) is 0.0851. The molecule has 9 aromatic rings. The number of furan rings is 2. The molecule has 0 saturated carbocycles. The smallest absolute Gasteiger partial charge is 0.164 e. The zero-order valence-electron chi connectivity index (χ0n) is 28.2. The van der Waals surface area contributed by atoms with E-state index >= 15 is 0 Å². The van der Waals surface area contributed by atoms with Gasteiger partial charge in [-0.2, -0.15) is 0 Å². The average Bonchev–Trinajstić information content (AvgIpc) is 3.79.